The number of nitrogens with zero attached hydrogens (tertiary/aromatic N) is 2. The van der Waals surface area contributed by atoms with E-state index in [-0.39, 0.29) is 6.04 Å². The Kier molecular flexibility index (Phi) is 3.71. The molecule has 3 rings (SSSR count). The molecule has 106 valence electrons. The lowest BCUT2D eigenvalue weighted by Crippen LogP contribution is -2.17. The lowest BCUT2D eigenvalue weighted by molar-refractivity contribution is 0.655. The van der Waals surface area contributed by atoms with Gasteiger partial charge in [0.1, 0.15) is 0 Å². The van der Waals surface area contributed by atoms with Gasteiger partial charge in [0.2, 0.25) is 0 Å². The number of nitrogen functional groups attached to an aromatic ring is 1. The zero-order valence-corrected chi connectivity index (χ0v) is 11.7. The molecule has 3 aromatic rings. The van der Waals surface area contributed by atoms with Crippen molar-refractivity contribution < 1.29 is 0 Å². The minimum atomic E-state index is -0.104. The first-order valence-corrected chi connectivity index (χ1v) is 6.93. The van der Waals surface area contributed by atoms with E-state index < -0.39 is 0 Å². The Bertz CT molecular complexity index is 701. The molecule has 4 nitrogen and oxygen atoms in total. The summed E-state index contributed by atoms with van der Waals surface area (Å²) in [4.78, 5) is 0. The molecule has 0 aliphatic carbocycles. The molecule has 0 radical (unpaired) electrons. The summed E-state index contributed by atoms with van der Waals surface area (Å²) in [6, 6.07) is 19.7. The summed E-state index contributed by atoms with van der Waals surface area (Å²) in [5.74, 6) is 0. The Morgan fingerprint density at radius 3 is 2.38 bits per heavy atom. The van der Waals surface area contributed by atoms with Crippen molar-refractivity contribution in [3.8, 4) is 5.69 Å². The third-order valence-electron chi connectivity index (χ3n) is 3.49. The molecule has 21 heavy (non-hydrogen) atoms. The fourth-order valence-electron chi connectivity index (χ4n) is 2.40. The van der Waals surface area contributed by atoms with Crippen LogP contribution in [0.1, 0.15) is 17.3 Å². The largest absolute Gasteiger partial charge is 0.399 e. The molecular formula is C17H18N4. The van der Waals surface area contributed by atoms with E-state index in [0.717, 1.165) is 23.5 Å². The molecule has 1 heterocycles. The molecule has 0 fully saturated rings. The Hall–Kier alpha value is -2.59. The highest BCUT2D eigenvalue weighted by Crippen LogP contribution is 2.20. The maximum atomic E-state index is 6.35. The van der Waals surface area contributed by atoms with Gasteiger partial charge in [0.05, 0.1) is 17.4 Å². The normalized spacial score (nSPS) is 12.2. The van der Waals surface area contributed by atoms with E-state index >= 15 is 0 Å². The summed E-state index contributed by atoms with van der Waals surface area (Å²) < 4.78 is 1.87. The second kappa shape index (κ2) is 5.81. The molecular weight excluding hydrogens is 260 g/mol. The van der Waals surface area contributed by atoms with Gasteiger partial charge in [-0.1, -0.05) is 30.3 Å². The van der Waals surface area contributed by atoms with Gasteiger partial charge in [0.25, 0.3) is 0 Å². The van der Waals surface area contributed by atoms with Crippen LogP contribution in [0.2, 0.25) is 0 Å². The zero-order chi connectivity index (χ0) is 14.7. The van der Waals surface area contributed by atoms with Crippen LogP contribution in [-0.2, 0) is 6.42 Å². The van der Waals surface area contributed by atoms with Gasteiger partial charge in [0, 0.05) is 11.9 Å². The number of hydrogen-bond acceptors (Lipinski definition) is 3. The average molecular weight is 278 g/mol. The Labute approximate surface area is 124 Å². The fourth-order valence-corrected chi connectivity index (χ4v) is 2.40. The van der Waals surface area contributed by atoms with Gasteiger partial charge in [-0.2, -0.15) is 5.10 Å². The van der Waals surface area contributed by atoms with Crippen LogP contribution in [-0.4, -0.2) is 9.78 Å². The number of benzene rings is 2. The summed E-state index contributed by atoms with van der Waals surface area (Å²) in [5, 5.41) is 4.37. The summed E-state index contributed by atoms with van der Waals surface area (Å²) in [5.41, 5.74) is 16.0. The highest BCUT2D eigenvalue weighted by atomic mass is 15.3. The van der Waals surface area contributed by atoms with Crippen molar-refractivity contribution in [2.75, 3.05) is 5.73 Å². The molecule has 1 atom stereocenters. The molecule has 4 N–H and O–H groups in total. The minimum Gasteiger partial charge on any atom is -0.399 e. The zero-order valence-electron chi connectivity index (χ0n) is 11.7. The molecule has 0 saturated carbocycles. The topological polar surface area (TPSA) is 69.9 Å². The smallest absolute Gasteiger partial charge is 0.0651 e. The third kappa shape index (κ3) is 2.95. The van der Waals surface area contributed by atoms with Crippen LogP contribution < -0.4 is 11.5 Å². The quantitative estimate of drug-likeness (QED) is 0.721. The molecule has 0 aliphatic rings. The van der Waals surface area contributed by atoms with E-state index in [1.54, 1.807) is 6.20 Å². The second-order valence-corrected chi connectivity index (χ2v) is 5.06. The van der Waals surface area contributed by atoms with Gasteiger partial charge in [-0.3, -0.25) is 0 Å². The van der Waals surface area contributed by atoms with E-state index in [9.17, 15) is 0 Å². The van der Waals surface area contributed by atoms with Crippen molar-refractivity contribution in [1.82, 2.24) is 9.78 Å². The standard InChI is InChI=1S/C17H18N4/c18-14-6-8-15(9-7-14)21-17(10-11-20-21)16(19)12-13-4-2-1-3-5-13/h1-11,16H,12,18-19H2/t16-/m0/s1. The van der Waals surface area contributed by atoms with Gasteiger partial charge in [-0.25, -0.2) is 4.68 Å². The lowest BCUT2D eigenvalue weighted by Gasteiger charge is -2.14. The van der Waals surface area contributed by atoms with Crippen molar-refractivity contribution in [3.05, 3.63) is 78.1 Å². The van der Waals surface area contributed by atoms with Crippen molar-refractivity contribution in [2.24, 2.45) is 5.73 Å². The van der Waals surface area contributed by atoms with E-state index in [1.165, 1.54) is 5.56 Å². The Balaban J connectivity index is 1.86. The van der Waals surface area contributed by atoms with Crippen molar-refractivity contribution in [2.45, 2.75) is 12.5 Å². The van der Waals surface area contributed by atoms with Gasteiger partial charge in [-0.15, -0.1) is 0 Å². The van der Waals surface area contributed by atoms with Gasteiger partial charge in [0.15, 0.2) is 0 Å². The van der Waals surface area contributed by atoms with Gasteiger partial charge in [-0.05, 0) is 42.3 Å². The maximum Gasteiger partial charge on any atom is 0.0651 e. The Morgan fingerprint density at radius 1 is 0.952 bits per heavy atom. The molecule has 4 heteroatoms. The predicted molar refractivity (Wildman–Crippen MR) is 85.1 cm³/mol. The van der Waals surface area contributed by atoms with E-state index in [2.05, 4.69) is 17.2 Å². The summed E-state index contributed by atoms with van der Waals surface area (Å²) in [7, 11) is 0. The summed E-state index contributed by atoms with van der Waals surface area (Å²) in [6.45, 7) is 0. The molecule has 0 amide bonds. The van der Waals surface area contributed by atoms with E-state index in [1.807, 2.05) is 53.2 Å². The predicted octanol–water partition coefficient (Wildman–Crippen LogP) is 2.70. The van der Waals surface area contributed by atoms with Crippen LogP contribution in [0.25, 0.3) is 5.69 Å². The molecule has 0 saturated heterocycles. The van der Waals surface area contributed by atoms with E-state index in [0.29, 0.717) is 0 Å². The molecule has 0 unspecified atom stereocenters. The SMILES string of the molecule is Nc1ccc(-n2nccc2[C@@H](N)Cc2ccccc2)cc1. The van der Waals surface area contributed by atoms with Crippen molar-refractivity contribution in [3.63, 3.8) is 0 Å². The number of hydrogen-bond donors (Lipinski definition) is 2. The summed E-state index contributed by atoms with van der Waals surface area (Å²) in [6.07, 6.45) is 2.55. The molecule has 0 aliphatic heterocycles. The number of nitrogens with two attached hydrogens (primary N) is 2. The number of rotatable bonds is 4. The lowest BCUT2D eigenvalue weighted by atomic mass is 10.0. The molecule has 0 bridgehead atoms. The first-order valence-electron chi connectivity index (χ1n) is 6.93. The minimum absolute atomic E-state index is 0.104. The first-order chi connectivity index (χ1) is 10.2. The van der Waals surface area contributed by atoms with Crippen LogP contribution in [0.15, 0.2) is 66.9 Å². The van der Waals surface area contributed by atoms with Gasteiger partial charge < -0.3 is 11.5 Å². The van der Waals surface area contributed by atoms with Gasteiger partial charge >= 0.3 is 0 Å². The maximum absolute atomic E-state index is 6.35. The van der Waals surface area contributed by atoms with Crippen LogP contribution in [0, 0.1) is 0 Å². The number of anilines is 1. The number of aromatic nitrogens is 2. The Morgan fingerprint density at radius 2 is 1.67 bits per heavy atom. The van der Waals surface area contributed by atoms with Crippen LogP contribution >= 0.6 is 0 Å². The second-order valence-electron chi connectivity index (χ2n) is 5.06. The van der Waals surface area contributed by atoms with Crippen molar-refractivity contribution >= 4 is 5.69 Å². The van der Waals surface area contributed by atoms with Crippen molar-refractivity contribution in [1.29, 1.82) is 0 Å². The van der Waals surface area contributed by atoms with Crippen LogP contribution in [0.4, 0.5) is 5.69 Å². The van der Waals surface area contributed by atoms with Crippen LogP contribution in [0.5, 0.6) is 0 Å². The van der Waals surface area contributed by atoms with Crippen LogP contribution in [0.3, 0.4) is 0 Å². The first kappa shape index (κ1) is 13.4. The highest BCUT2D eigenvalue weighted by molar-refractivity contribution is 5.45. The molecule has 2 aromatic carbocycles. The molecule has 0 spiro atoms. The molecule has 1 aromatic heterocycles. The fraction of sp³-hybridized carbons (Fsp3) is 0.118. The highest BCUT2D eigenvalue weighted by Gasteiger charge is 2.13. The summed E-state index contributed by atoms with van der Waals surface area (Å²) >= 11 is 0. The van der Waals surface area contributed by atoms with E-state index in [4.69, 9.17) is 11.5 Å². The third-order valence-corrected chi connectivity index (χ3v) is 3.49. The average Bonchev–Trinajstić information content (AvgIpc) is 2.98. The monoisotopic (exact) mass is 278 g/mol.